The average Bonchev–Trinajstić information content (AvgIpc) is 2.88. The first kappa shape index (κ1) is 26.8. The molecule has 0 aliphatic rings. The molecule has 0 aromatic heterocycles. The summed E-state index contributed by atoms with van der Waals surface area (Å²) in [4.78, 5) is 28.4. The van der Waals surface area contributed by atoms with Crippen molar-refractivity contribution in [1.82, 2.24) is 10.2 Å². The molecule has 0 radical (unpaired) electrons. The number of hydrogen-bond donors (Lipinski definition) is 1. The van der Waals surface area contributed by atoms with Crippen molar-refractivity contribution in [3.63, 3.8) is 0 Å². The standard InChI is InChI=1S/C29H32Cl2N2O2/c1-3-4-17-32-29(35)21(2)33(20-22-15-16-26(30)27(31)18-22)28(34)19-25(23-11-7-5-8-12-23)24-13-9-6-10-14-24/h5-16,18,21,25H,3-4,17,19-20H2,1-2H3,(H,32,35)/t21-/m1/s1. The van der Waals surface area contributed by atoms with Crippen LogP contribution in [0.2, 0.25) is 10.0 Å². The van der Waals surface area contributed by atoms with Crippen molar-refractivity contribution in [3.05, 3.63) is 106 Å². The molecule has 1 atom stereocenters. The molecule has 3 aromatic rings. The second-order valence-electron chi connectivity index (χ2n) is 8.67. The fourth-order valence-electron chi connectivity index (χ4n) is 4.04. The summed E-state index contributed by atoms with van der Waals surface area (Å²) in [6.07, 6.45) is 2.11. The largest absolute Gasteiger partial charge is 0.354 e. The number of benzene rings is 3. The maximum absolute atomic E-state index is 13.8. The fourth-order valence-corrected chi connectivity index (χ4v) is 4.36. The molecule has 3 aromatic carbocycles. The number of nitrogens with one attached hydrogen (secondary N) is 1. The van der Waals surface area contributed by atoms with Crippen LogP contribution in [0.1, 0.15) is 55.7 Å². The second kappa shape index (κ2) is 13.3. The van der Waals surface area contributed by atoms with Crippen LogP contribution in [0, 0.1) is 0 Å². The van der Waals surface area contributed by atoms with Gasteiger partial charge in [0.2, 0.25) is 11.8 Å². The summed E-state index contributed by atoms with van der Waals surface area (Å²) in [5, 5.41) is 3.83. The average molecular weight is 511 g/mol. The Bertz CT molecular complexity index is 1070. The smallest absolute Gasteiger partial charge is 0.242 e. The Morgan fingerprint density at radius 1 is 0.886 bits per heavy atom. The fraction of sp³-hybridized carbons (Fsp3) is 0.310. The first-order chi connectivity index (χ1) is 16.9. The molecule has 0 saturated carbocycles. The quantitative estimate of drug-likeness (QED) is 0.286. The van der Waals surface area contributed by atoms with E-state index in [0.717, 1.165) is 29.5 Å². The van der Waals surface area contributed by atoms with E-state index in [1.165, 1.54) is 0 Å². The lowest BCUT2D eigenvalue weighted by molar-refractivity contribution is -0.140. The third kappa shape index (κ3) is 7.58. The number of unbranched alkanes of at least 4 members (excludes halogenated alkanes) is 1. The maximum atomic E-state index is 13.8. The molecule has 0 aliphatic heterocycles. The van der Waals surface area contributed by atoms with Gasteiger partial charge in [-0.1, -0.05) is 103 Å². The van der Waals surface area contributed by atoms with Crippen LogP contribution in [-0.4, -0.2) is 29.3 Å². The van der Waals surface area contributed by atoms with E-state index in [0.29, 0.717) is 16.6 Å². The van der Waals surface area contributed by atoms with E-state index in [9.17, 15) is 9.59 Å². The van der Waals surface area contributed by atoms with Crippen molar-refractivity contribution in [2.45, 2.75) is 51.6 Å². The van der Waals surface area contributed by atoms with E-state index in [2.05, 4.69) is 12.2 Å². The molecule has 0 bridgehead atoms. The SMILES string of the molecule is CCCCNC(=O)[C@@H](C)N(Cc1ccc(Cl)c(Cl)c1)C(=O)CC(c1ccccc1)c1ccccc1. The van der Waals surface area contributed by atoms with Gasteiger partial charge in [-0.3, -0.25) is 9.59 Å². The topological polar surface area (TPSA) is 49.4 Å². The zero-order valence-electron chi connectivity index (χ0n) is 20.2. The Morgan fingerprint density at radius 2 is 1.49 bits per heavy atom. The highest BCUT2D eigenvalue weighted by Gasteiger charge is 2.29. The molecule has 6 heteroatoms. The molecule has 0 aliphatic carbocycles. The summed E-state index contributed by atoms with van der Waals surface area (Å²) >= 11 is 12.3. The van der Waals surface area contributed by atoms with E-state index < -0.39 is 6.04 Å². The van der Waals surface area contributed by atoms with Crippen molar-refractivity contribution < 1.29 is 9.59 Å². The minimum Gasteiger partial charge on any atom is -0.354 e. The molecule has 0 unspecified atom stereocenters. The van der Waals surface area contributed by atoms with E-state index in [-0.39, 0.29) is 30.7 Å². The van der Waals surface area contributed by atoms with Gasteiger partial charge in [-0.2, -0.15) is 0 Å². The van der Waals surface area contributed by atoms with Gasteiger partial charge in [0.05, 0.1) is 10.0 Å². The first-order valence-corrected chi connectivity index (χ1v) is 12.8. The lowest BCUT2D eigenvalue weighted by atomic mass is 9.88. The molecular formula is C29H32Cl2N2O2. The van der Waals surface area contributed by atoms with Crippen molar-refractivity contribution >= 4 is 35.0 Å². The van der Waals surface area contributed by atoms with Crippen molar-refractivity contribution in [2.75, 3.05) is 6.54 Å². The number of amides is 2. The Morgan fingerprint density at radius 3 is 2.03 bits per heavy atom. The van der Waals surface area contributed by atoms with Crippen molar-refractivity contribution in [3.8, 4) is 0 Å². The van der Waals surface area contributed by atoms with Crippen LogP contribution in [0.3, 0.4) is 0 Å². The van der Waals surface area contributed by atoms with Gasteiger partial charge in [0.1, 0.15) is 6.04 Å². The molecule has 4 nitrogen and oxygen atoms in total. The van der Waals surface area contributed by atoms with Crippen molar-refractivity contribution in [2.24, 2.45) is 0 Å². The van der Waals surface area contributed by atoms with E-state index in [1.54, 1.807) is 24.0 Å². The van der Waals surface area contributed by atoms with Gasteiger partial charge in [0.25, 0.3) is 0 Å². The minimum absolute atomic E-state index is 0.105. The number of nitrogens with zero attached hydrogens (tertiary/aromatic N) is 1. The van der Waals surface area contributed by atoms with E-state index in [1.807, 2.05) is 66.7 Å². The normalized spacial score (nSPS) is 11.8. The number of halogens is 2. The molecule has 0 saturated heterocycles. The summed E-state index contributed by atoms with van der Waals surface area (Å²) in [7, 11) is 0. The molecule has 1 N–H and O–H groups in total. The molecule has 0 fully saturated rings. The van der Waals surface area contributed by atoms with Crippen LogP contribution in [0.25, 0.3) is 0 Å². The molecule has 0 spiro atoms. The van der Waals surface area contributed by atoms with Gasteiger partial charge in [-0.15, -0.1) is 0 Å². The summed E-state index contributed by atoms with van der Waals surface area (Å²) in [5.74, 6) is -0.397. The van der Waals surface area contributed by atoms with Crippen LogP contribution in [0.4, 0.5) is 0 Å². The Kier molecular flexibility index (Phi) is 10.2. The molecule has 184 valence electrons. The highest BCUT2D eigenvalue weighted by Crippen LogP contribution is 2.30. The third-order valence-electron chi connectivity index (χ3n) is 6.12. The predicted molar refractivity (Wildman–Crippen MR) is 144 cm³/mol. The van der Waals surface area contributed by atoms with Gasteiger partial charge in [0.15, 0.2) is 0 Å². The first-order valence-electron chi connectivity index (χ1n) is 12.0. The molecular weight excluding hydrogens is 479 g/mol. The number of hydrogen-bond acceptors (Lipinski definition) is 2. The van der Waals surface area contributed by atoms with Gasteiger partial charge in [-0.05, 0) is 42.2 Å². The number of rotatable bonds is 11. The third-order valence-corrected chi connectivity index (χ3v) is 6.86. The van der Waals surface area contributed by atoms with Crippen LogP contribution < -0.4 is 5.32 Å². The van der Waals surface area contributed by atoms with Gasteiger partial charge in [0, 0.05) is 25.4 Å². The van der Waals surface area contributed by atoms with Crippen LogP contribution in [0.15, 0.2) is 78.9 Å². The Labute approximate surface area is 218 Å². The molecule has 2 amide bonds. The van der Waals surface area contributed by atoms with Gasteiger partial charge >= 0.3 is 0 Å². The monoisotopic (exact) mass is 510 g/mol. The maximum Gasteiger partial charge on any atom is 0.242 e. The van der Waals surface area contributed by atoms with E-state index in [4.69, 9.17) is 23.2 Å². The Hall–Kier alpha value is -2.82. The van der Waals surface area contributed by atoms with Crippen molar-refractivity contribution in [1.29, 1.82) is 0 Å². The Balaban J connectivity index is 1.90. The molecule has 35 heavy (non-hydrogen) atoms. The lowest BCUT2D eigenvalue weighted by Gasteiger charge is -2.30. The van der Waals surface area contributed by atoms with Gasteiger partial charge < -0.3 is 10.2 Å². The highest BCUT2D eigenvalue weighted by molar-refractivity contribution is 6.42. The summed E-state index contributed by atoms with van der Waals surface area (Å²) in [6.45, 7) is 4.69. The second-order valence-corrected chi connectivity index (χ2v) is 9.48. The number of carbonyl (C=O) groups is 2. The van der Waals surface area contributed by atoms with Crippen LogP contribution in [-0.2, 0) is 16.1 Å². The summed E-state index contributed by atoms with van der Waals surface area (Å²) < 4.78 is 0. The zero-order valence-corrected chi connectivity index (χ0v) is 21.7. The lowest BCUT2D eigenvalue weighted by Crippen LogP contribution is -2.48. The molecule has 3 rings (SSSR count). The number of carbonyl (C=O) groups excluding carboxylic acids is 2. The van der Waals surface area contributed by atoms with E-state index >= 15 is 0 Å². The molecule has 0 heterocycles. The van der Waals surface area contributed by atoms with Gasteiger partial charge in [-0.25, -0.2) is 0 Å². The van der Waals surface area contributed by atoms with Crippen LogP contribution >= 0.6 is 23.2 Å². The predicted octanol–water partition coefficient (Wildman–Crippen LogP) is 6.85. The minimum atomic E-state index is -0.638. The zero-order chi connectivity index (χ0) is 25.2. The summed E-state index contributed by atoms with van der Waals surface area (Å²) in [5.41, 5.74) is 2.93. The highest BCUT2D eigenvalue weighted by atomic mass is 35.5. The summed E-state index contributed by atoms with van der Waals surface area (Å²) in [6, 6.07) is 24.7. The van der Waals surface area contributed by atoms with Crippen LogP contribution in [0.5, 0.6) is 0 Å².